The quantitative estimate of drug-likeness (QED) is 0.210. The standard InChI is InChI=1S/C33H38ClFN6O3/c1-19(2)12-22-16-40(17-30(22)42)33(43)41(34)29-14-23(35)13-26(20(29)3)31-27-15-28(39-32(27)38-18-37-31)21-4-6-24(7-5-21)44-25-8-10-36-11-9-25/h4-7,13-15,18-19,22,25,30,36,42H,8-12,16-17H2,1-3H3,(H,37,38,39)/t22-,30-/m0/s1. The minimum atomic E-state index is -0.620. The van der Waals surface area contributed by atoms with E-state index in [-0.39, 0.29) is 24.3 Å². The summed E-state index contributed by atoms with van der Waals surface area (Å²) in [6.45, 7) is 8.47. The zero-order valence-corrected chi connectivity index (χ0v) is 25.9. The number of anilines is 1. The minimum Gasteiger partial charge on any atom is -0.490 e. The van der Waals surface area contributed by atoms with E-state index < -0.39 is 18.0 Å². The lowest BCUT2D eigenvalue weighted by Gasteiger charge is -2.24. The number of piperidine rings is 1. The van der Waals surface area contributed by atoms with Crippen LogP contribution in [0.15, 0.2) is 48.8 Å². The molecule has 2 aromatic carbocycles. The van der Waals surface area contributed by atoms with E-state index in [0.717, 1.165) is 53.8 Å². The number of halogens is 2. The molecule has 4 heterocycles. The smallest absolute Gasteiger partial charge is 0.339 e. The van der Waals surface area contributed by atoms with Crippen LogP contribution in [0.25, 0.3) is 33.5 Å². The number of hydrogen-bond donors (Lipinski definition) is 3. The number of rotatable bonds is 7. The molecule has 6 rings (SSSR count). The molecule has 4 aromatic rings. The van der Waals surface area contributed by atoms with Crippen LogP contribution in [0.2, 0.25) is 0 Å². The molecular formula is C33H38ClFN6O3. The van der Waals surface area contributed by atoms with E-state index in [2.05, 4.69) is 34.1 Å². The van der Waals surface area contributed by atoms with E-state index in [1.807, 2.05) is 30.3 Å². The van der Waals surface area contributed by atoms with Gasteiger partial charge in [0.2, 0.25) is 0 Å². The highest BCUT2D eigenvalue weighted by atomic mass is 35.5. The van der Waals surface area contributed by atoms with Crippen LogP contribution in [0.5, 0.6) is 5.75 Å². The molecule has 2 amide bonds. The van der Waals surface area contributed by atoms with Gasteiger partial charge in [-0.15, -0.1) is 0 Å². The van der Waals surface area contributed by atoms with Crippen LogP contribution in [0, 0.1) is 24.6 Å². The van der Waals surface area contributed by atoms with Gasteiger partial charge < -0.3 is 25.0 Å². The van der Waals surface area contributed by atoms with Gasteiger partial charge in [0.15, 0.2) is 0 Å². The summed E-state index contributed by atoms with van der Waals surface area (Å²) in [5.74, 6) is 0.647. The van der Waals surface area contributed by atoms with E-state index in [1.165, 1.54) is 23.4 Å². The van der Waals surface area contributed by atoms with Crippen molar-refractivity contribution in [1.82, 2.24) is 25.2 Å². The largest absolute Gasteiger partial charge is 0.490 e. The molecule has 2 aliphatic heterocycles. The Hall–Kier alpha value is -3.73. The molecule has 0 bridgehead atoms. The third kappa shape index (κ3) is 6.24. The highest BCUT2D eigenvalue weighted by Crippen LogP contribution is 2.37. The molecule has 2 aromatic heterocycles. The van der Waals surface area contributed by atoms with Crippen molar-refractivity contribution in [2.75, 3.05) is 30.6 Å². The molecule has 0 saturated carbocycles. The average molecular weight is 621 g/mol. The van der Waals surface area contributed by atoms with Gasteiger partial charge in [0.1, 0.15) is 29.6 Å². The number of aromatic nitrogens is 3. The van der Waals surface area contributed by atoms with Crippen molar-refractivity contribution in [2.45, 2.75) is 52.2 Å². The van der Waals surface area contributed by atoms with Crippen molar-refractivity contribution in [3.63, 3.8) is 0 Å². The monoisotopic (exact) mass is 620 g/mol. The fourth-order valence-corrected chi connectivity index (χ4v) is 6.60. The number of likely N-dealkylation sites (tertiary alicyclic amines) is 1. The van der Waals surface area contributed by atoms with E-state index in [0.29, 0.717) is 40.3 Å². The molecule has 0 spiro atoms. The van der Waals surface area contributed by atoms with Crippen molar-refractivity contribution in [2.24, 2.45) is 11.8 Å². The van der Waals surface area contributed by atoms with Gasteiger partial charge in [-0.25, -0.2) is 23.6 Å². The number of carbonyl (C=O) groups is 1. The Kier molecular flexibility index (Phi) is 8.75. The number of ether oxygens (including phenoxy) is 1. The first kappa shape index (κ1) is 30.3. The van der Waals surface area contributed by atoms with Crippen LogP contribution in [0.4, 0.5) is 14.9 Å². The Balaban J connectivity index is 1.26. The van der Waals surface area contributed by atoms with E-state index >= 15 is 4.39 Å². The Morgan fingerprint density at radius 1 is 1.16 bits per heavy atom. The van der Waals surface area contributed by atoms with Gasteiger partial charge in [-0.3, -0.25) is 0 Å². The lowest BCUT2D eigenvalue weighted by Crippen LogP contribution is -2.38. The number of nitrogens with one attached hydrogen (secondary N) is 2. The van der Waals surface area contributed by atoms with Crippen LogP contribution in [-0.4, -0.2) is 69.4 Å². The zero-order valence-electron chi connectivity index (χ0n) is 25.2. The SMILES string of the molecule is Cc1c(-c2ncnc3[nH]c(-c4ccc(OC5CCNCC5)cc4)cc23)cc(F)cc1N(Cl)C(=O)N1C[C@H](CC(C)C)[C@@H](O)C1. The Morgan fingerprint density at radius 3 is 2.64 bits per heavy atom. The van der Waals surface area contributed by atoms with Crippen molar-refractivity contribution in [1.29, 1.82) is 0 Å². The summed E-state index contributed by atoms with van der Waals surface area (Å²) in [5.41, 5.74) is 4.22. The number of carbonyl (C=O) groups excluding carboxylic acids is 1. The summed E-state index contributed by atoms with van der Waals surface area (Å²) in [5, 5.41) is 14.6. The fraction of sp³-hybridized carbons (Fsp3) is 0.424. The Bertz CT molecular complexity index is 1640. The first-order chi connectivity index (χ1) is 21.2. The maximum absolute atomic E-state index is 15.1. The summed E-state index contributed by atoms with van der Waals surface area (Å²) in [6.07, 6.45) is 3.81. The number of benzene rings is 2. The zero-order chi connectivity index (χ0) is 31.0. The summed E-state index contributed by atoms with van der Waals surface area (Å²) in [6, 6.07) is 12.0. The topological polar surface area (TPSA) is 107 Å². The molecule has 2 fully saturated rings. The van der Waals surface area contributed by atoms with Crippen molar-refractivity contribution >= 4 is 34.5 Å². The minimum absolute atomic E-state index is 0.0246. The van der Waals surface area contributed by atoms with Crippen molar-refractivity contribution in [3.05, 3.63) is 60.2 Å². The van der Waals surface area contributed by atoms with Gasteiger partial charge >= 0.3 is 6.03 Å². The van der Waals surface area contributed by atoms with Crippen LogP contribution >= 0.6 is 11.8 Å². The normalized spacial score (nSPS) is 19.2. The second-order valence-corrected chi connectivity index (χ2v) is 12.6. The highest BCUT2D eigenvalue weighted by molar-refractivity contribution is 6.36. The Morgan fingerprint density at radius 2 is 1.91 bits per heavy atom. The fourth-order valence-electron chi connectivity index (χ4n) is 6.32. The molecule has 44 heavy (non-hydrogen) atoms. The van der Waals surface area contributed by atoms with Crippen LogP contribution < -0.4 is 14.5 Å². The predicted molar refractivity (Wildman–Crippen MR) is 170 cm³/mol. The lowest BCUT2D eigenvalue weighted by atomic mass is 9.95. The molecule has 3 N–H and O–H groups in total. The molecule has 2 atom stereocenters. The lowest BCUT2D eigenvalue weighted by molar-refractivity contribution is 0.132. The van der Waals surface area contributed by atoms with Gasteiger partial charge in [0.05, 0.1) is 17.5 Å². The number of urea groups is 1. The van der Waals surface area contributed by atoms with Gasteiger partial charge in [0, 0.05) is 47.4 Å². The number of aliphatic hydroxyl groups is 1. The number of hydrogen-bond acceptors (Lipinski definition) is 6. The molecule has 0 unspecified atom stereocenters. The summed E-state index contributed by atoms with van der Waals surface area (Å²) >= 11 is 6.59. The number of β-amino-alcohol motifs (C(OH)–C–C–N with tert-alkyl or cyclic N) is 1. The molecule has 0 radical (unpaired) electrons. The number of nitrogens with zero attached hydrogens (tertiary/aromatic N) is 4. The number of H-pyrrole nitrogens is 1. The maximum atomic E-state index is 15.1. The Labute approximate surface area is 261 Å². The third-order valence-electron chi connectivity index (χ3n) is 8.61. The van der Waals surface area contributed by atoms with Gasteiger partial charge in [0.25, 0.3) is 0 Å². The van der Waals surface area contributed by atoms with Crippen molar-refractivity contribution in [3.8, 4) is 28.3 Å². The summed E-state index contributed by atoms with van der Waals surface area (Å²) in [7, 11) is 0. The predicted octanol–water partition coefficient (Wildman–Crippen LogP) is 6.29. The molecule has 9 nitrogen and oxygen atoms in total. The number of aromatic amines is 1. The second-order valence-electron chi connectivity index (χ2n) is 12.3. The third-order valence-corrected chi connectivity index (χ3v) is 8.94. The molecule has 0 aliphatic carbocycles. The first-order valence-electron chi connectivity index (χ1n) is 15.2. The maximum Gasteiger partial charge on any atom is 0.339 e. The summed E-state index contributed by atoms with van der Waals surface area (Å²) in [4.78, 5) is 27.2. The molecule has 2 saturated heterocycles. The highest BCUT2D eigenvalue weighted by Gasteiger charge is 2.36. The number of fused-ring (bicyclic) bond motifs is 1. The summed E-state index contributed by atoms with van der Waals surface area (Å²) < 4.78 is 22.2. The van der Waals surface area contributed by atoms with Crippen LogP contribution in [0.1, 0.15) is 38.7 Å². The van der Waals surface area contributed by atoms with Gasteiger partial charge in [-0.1, -0.05) is 13.8 Å². The van der Waals surface area contributed by atoms with E-state index in [4.69, 9.17) is 16.5 Å². The van der Waals surface area contributed by atoms with Crippen LogP contribution in [0.3, 0.4) is 0 Å². The molecule has 11 heteroatoms. The number of amides is 2. The molecule has 232 valence electrons. The van der Waals surface area contributed by atoms with E-state index in [1.54, 1.807) is 6.92 Å². The average Bonchev–Trinajstić information content (AvgIpc) is 3.61. The van der Waals surface area contributed by atoms with Gasteiger partial charge in [-0.05, 0) is 98.8 Å². The van der Waals surface area contributed by atoms with Crippen molar-refractivity contribution < 1.29 is 19.0 Å². The van der Waals surface area contributed by atoms with Crippen LogP contribution in [-0.2, 0) is 0 Å². The second kappa shape index (κ2) is 12.7. The molecular weight excluding hydrogens is 583 g/mol. The first-order valence-corrected chi connectivity index (χ1v) is 15.6. The number of aliphatic hydroxyl groups excluding tert-OH is 1. The van der Waals surface area contributed by atoms with E-state index in [9.17, 15) is 9.90 Å². The molecule has 2 aliphatic rings. The van der Waals surface area contributed by atoms with Gasteiger partial charge in [-0.2, -0.15) is 0 Å².